The van der Waals surface area contributed by atoms with Crippen LogP contribution in [-0.4, -0.2) is 141 Å². The number of primary amides is 1. The quantitative estimate of drug-likeness (QED) is 0.0376. The largest absolute Gasteiger partial charge is 0.394 e. The first-order chi connectivity index (χ1) is 26.9. The Morgan fingerprint density at radius 1 is 0.679 bits per heavy atom. The van der Waals surface area contributed by atoms with Crippen molar-refractivity contribution < 1.29 is 38.7 Å². The summed E-state index contributed by atoms with van der Waals surface area (Å²) in [6.07, 6.45) is 12.1. The summed E-state index contributed by atoms with van der Waals surface area (Å²) in [6, 6.07) is -7.73. The van der Waals surface area contributed by atoms with Crippen LogP contribution >= 0.6 is 0 Å². The predicted molar refractivity (Wildman–Crippen MR) is 191 cm³/mol. The Kier molecular flexibility index (Phi) is 13.7. The maximum Gasteiger partial charge on any atom is 0.287 e. The minimum atomic E-state index is -1.61. The molecule has 0 radical (unpaired) electrons. The third kappa shape index (κ3) is 10.7. The molecule has 0 unspecified atom stereocenters. The van der Waals surface area contributed by atoms with E-state index in [1.54, 1.807) is 12.4 Å². The van der Waals surface area contributed by atoms with Crippen LogP contribution in [0.15, 0.2) is 50.1 Å². The topological polar surface area (TPSA) is 358 Å². The number of likely N-dealkylation sites (tertiary alicyclic amines) is 1. The van der Waals surface area contributed by atoms with Crippen molar-refractivity contribution in [2.45, 2.75) is 74.8 Å². The number of amides is 6. The third-order valence-corrected chi connectivity index (χ3v) is 9.00. The number of aromatic amines is 4. The first-order valence-corrected chi connectivity index (χ1v) is 17.6. The van der Waals surface area contributed by atoms with Crippen molar-refractivity contribution in [3.8, 4) is 0 Å². The van der Waals surface area contributed by atoms with Gasteiger partial charge in [-0.15, -0.1) is 0 Å². The summed E-state index contributed by atoms with van der Waals surface area (Å²) in [7, 11) is 0. The Bertz CT molecular complexity index is 1930. The van der Waals surface area contributed by atoms with Gasteiger partial charge in [0.2, 0.25) is 35.3 Å². The summed E-state index contributed by atoms with van der Waals surface area (Å²) in [5.74, 6) is -6.29. The number of H-pyrrole nitrogens is 4. The van der Waals surface area contributed by atoms with E-state index in [1.165, 1.54) is 42.6 Å². The van der Waals surface area contributed by atoms with E-state index in [0.717, 1.165) is 0 Å². The molecule has 6 amide bonds. The molecule has 298 valence electrons. The fraction of sp³-hybridized carbons (Fsp3) is 0.424. The number of nitrogens with zero attached hydrogens (tertiary/aromatic N) is 5. The van der Waals surface area contributed by atoms with Gasteiger partial charge in [0.15, 0.2) is 0 Å². The molecular weight excluding hydrogens is 734 g/mol. The van der Waals surface area contributed by atoms with E-state index in [2.05, 4.69) is 61.1 Å². The number of aromatic nitrogens is 8. The second-order valence-corrected chi connectivity index (χ2v) is 13.0. The van der Waals surface area contributed by atoms with Crippen molar-refractivity contribution >= 4 is 41.2 Å². The van der Waals surface area contributed by atoms with Crippen molar-refractivity contribution in [3.05, 3.63) is 72.9 Å². The average Bonchev–Trinajstić information content (AvgIpc) is 4.03. The highest BCUT2D eigenvalue weighted by Gasteiger charge is 2.40. The van der Waals surface area contributed by atoms with Crippen LogP contribution in [0.2, 0.25) is 0 Å². The van der Waals surface area contributed by atoms with Gasteiger partial charge < -0.3 is 62.7 Å². The third-order valence-electron chi connectivity index (χ3n) is 9.00. The normalized spacial score (nSPS) is 16.5. The summed E-state index contributed by atoms with van der Waals surface area (Å²) in [5, 5.41) is 19.9. The van der Waals surface area contributed by atoms with Gasteiger partial charge >= 0.3 is 0 Å². The molecule has 5 heterocycles. The van der Waals surface area contributed by atoms with Gasteiger partial charge in [0.05, 0.1) is 60.7 Å². The molecule has 1 aliphatic heterocycles. The number of ketones is 1. The molecule has 0 saturated carbocycles. The number of aliphatic hydroxyl groups is 1. The number of rotatable bonds is 20. The number of carbonyl (C=O) groups is 7. The van der Waals surface area contributed by atoms with Crippen LogP contribution in [0.25, 0.3) is 0 Å². The van der Waals surface area contributed by atoms with Gasteiger partial charge in [-0.3, -0.25) is 33.6 Å². The lowest BCUT2D eigenvalue weighted by Crippen LogP contribution is -2.60. The maximum atomic E-state index is 14.2. The number of nitrogens with one attached hydrogen (secondary N) is 8. The molecule has 0 aromatic carbocycles. The highest BCUT2D eigenvalue weighted by Crippen LogP contribution is 2.20. The number of hydrogen-bond donors (Lipinski definition) is 11. The van der Waals surface area contributed by atoms with Crippen LogP contribution in [0.5, 0.6) is 0 Å². The number of carbonyl (C=O) groups excluding carboxylic acids is 7. The number of nitrogens with two attached hydrogens (primary N) is 2. The monoisotopic (exact) mass is 777 g/mol. The van der Waals surface area contributed by atoms with E-state index in [9.17, 15) is 38.7 Å². The number of imidazole rings is 4. The van der Waals surface area contributed by atoms with Gasteiger partial charge in [0.25, 0.3) is 5.91 Å². The molecule has 5 rings (SSSR count). The molecule has 1 saturated heterocycles. The Morgan fingerprint density at radius 3 is 1.57 bits per heavy atom. The average molecular weight is 778 g/mol. The zero-order valence-corrected chi connectivity index (χ0v) is 29.9. The standard InChI is InChI=1S/C33H43N15O8/c34-21(4-17-8-36-13-40-17)29(52)44-22(5-18-9-37-14-41-18)30(53)45-23(6-19-10-38-15-42-19)31(54)46-24(7-20-11-39-16-43-20)33(56)48-3-1-2-26(48)32(55)47-25(12-49)27(50)28(35)51/h8-11,13-16,21-26,49H,1-7,12,34H2,(H2,35,51)(H,36,40)(H,37,41)(H,38,42)(H,39,43)(H,44,52)(H,45,53)(H,46,54)(H,47,55)/t21-,22-,23-,24-,25-,26-/m0/s1. The second-order valence-electron chi connectivity index (χ2n) is 13.0. The van der Waals surface area contributed by atoms with E-state index >= 15 is 0 Å². The van der Waals surface area contributed by atoms with E-state index < -0.39 is 84.1 Å². The fourth-order valence-corrected chi connectivity index (χ4v) is 6.13. The Balaban J connectivity index is 1.35. The smallest absolute Gasteiger partial charge is 0.287 e. The molecule has 1 fully saturated rings. The van der Waals surface area contributed by atoms with Crippen molar-refractivity contribution in [3.63, 3.8) is 0 Å². The van der Waals surface area contributed by atoms with Crippen molar-refractivity contribution in [2.24, 2.45) is 11.5 Å². The first-order valence-electron chi connectivity index (χ1n) is 17.6. The lowest BCUT2D eigenvalue weighted by Gasteiger charge is -2.30. The molecule has 13 N–H and O–H groups in total. The number of aliphatic hydroxyl groups excluding tert-OH is 1. The molecule has 23 nitrogen and oxygen atoms in total. The van der Waals surface area contributed by atoms with E-state index in [1.807, 2.05) is 0 Å². The Morgan fingerprint density at radius 2 is 1.12 bits per heavy atom. The zero-order valence-electron chi connectivity index (χ0n) is 29.9. The van der Waals surface area contributed by atoms with Crippen molar-refractivity contribution in [1.82, 2.24) is 66.0 Å². The lowest BCUT2D eigenvalue weighted by atomic mass is 10.0. The lowest BCUT2D eigenvalue weighted by molar-refractivity contribution is -0.143. The van der Waals surface area contributed by atoms with Crippen LogP contribution < -0.4 is 32.7 Å². The van der Waals surface area contributed by atoms with Gasteiger partial charge in [-0.25, -0.2) is 19.9 Å². The van der Waals surface area contributed by atoms with Gasteiger partial charge in [0.1, 0.15) is 30.2 Å². The van der Waals surface area contributed by atoms with E-state index in [0.29, 0.717) is 29.2 Å². The molecule has 4 aromatic rings. The number of hydrogen-bond acceptors (Lipinski definition) is 13. The second kappa shape index (κ2) is 19.0. The first kappa shape index (κ1) is 40.4. The van der Waals surface area contributed by atoms with E-state index in [-0.39, 0.29) is 38.6 Å². The minimum absolute atomic E-state index is 0.0756. The molecule has 23 heteroatoms. The van der Waals surface area contributed by atoms with Crippen LogP contribution in [0.4, 0.5) is 0 Å². The molecule has 0 bridgehead atoms. The van der Waals surface area contributed by atoms with Gasteiger partial charge in [-0.1, -0.05) is 0 Å². The summed E-state index contributed by atoms with van der Waals surface area (Å²) < 4.78 is 0. The summed E-state index contributed by atoms with van der Waals surface area (Å²) in [6.45, 7) is -0.805. The molecular formula is C33H43N15O8. The summed E-state index contributed by atoms with van der Waals surface area (Å²) >= 11 is 0. The zero-order chi connectivity index (χ0) is 40.2. The molecule has 0 spiro atoms. The van der Waals surface area contributed by atoms with Crippen LogP contribution in [0.3, 0.4) is 0 Å². The highest BCUT2D eigenvalue weighted by molar-refractivity contribution is 6.38. The minimum Gasteiger partial charge on any atom is -0.394 e. The van der Waals surface area contributed by atoms with E-state index in [4.69, 9.17) is 11.5 Å². The molecule has 1 aliphatic rings. The molecule has 0 aliphatic carbocycles. The predicted octanol–water partition coefficient (Wildman–Crippen LogP) is -4.85. The van der Waals surface area contributed by atoms with Crippen molar-refractivity contribution in [2.75, 3.05) is 13.2 Å². The number of Topliss-reactive ketones (excluding diaryl/α,β-unsaturated/α-hetero) is 1. The Hall–Kier alpha value is -6.75. The molecule has 4 aromatic heterocycles. The SMILES string of the molecule is NC(=O)C(=O)[C@H](CO)NC(=O)[C@@H]1CCCN1C(=O)[C@H](Cc1c[nH]cn1)NC(=O)[C@H](Cc1c[nH]cn1)NC(=O)[C@H](Cc1c[nH]cn1)NC(=O)[C@@H](N)Cc1c[nH]cn1. The van der Waals surface area contributed by atoms with Gasteiger partial charge in [0, 0.05) is 57.0 Å². The molecule has 56 heavy (non-hydrogen) atoms. The molecule has 6 atom stereocenters. The maximum absolute atomic E-state index is 14.2. The fourth-order valence-electron chi connectivity index (χ4n) is 6.13. The van der Waals surface area contributed by atoms with Crippen LogP contribution in [0.1, 0.15) is 35.6 Å². The van der Waals surface area contributed by atoms with Gasteiger partial charge in [-0.05, 0) is 12.8 Å². The highest BCUT2D eigenvalue weighted by atomic mass is 16.3. The van der Waals surface area contributed by atoms with Crippen LogP contribution in [0, 0.1) is 0 Å². The van der Waals surface area contributed by atoms with Crippen LogP contribution in [-0.2, 0) is 59.2 Å². The summed E-state index contributed by atoms with van der Waals surface area (Å²) in [5.41, 5.74) is 12.9. The van der Waals surface area contributed by atoms with Crippen molar-refractivity contribution in [1.29, 1.82) is 0 Å². The van der Waals surface area contributed by atoms with Gasteiger partial charge in [-0.2, -0.15) is 0 Å². The Labute approximate surface area is 318 Å². The summed E-state index contributed by atoms with van der Waals surface area (Å²) in [4.78, 5) is 121.